The second-order valence-electron chi connectivity index (χ2n) is 3.66. The lowest BCUT2D eigenvalue weighted by molar-refractivity contribution is 0.500. The van der Waals surface area contributed by atoms with Gasteiger partial charge >= 0.3 is 0 Å². The lowest BCUT2D eigenvalue weighted by Gasteiger charge is -2.15. The fourth-order valence-electron chi connectivity index (χ4n) is 1.67. The van der Waals surface area contributed by atoms with Crippen LogP contribution >= 0.6 is 22.7 Å². The minimum Gasteiger partial charge on any atom is -0.303 e. The first kappa shape index (κ1) is 11.8. The summed E-state index contributed by atoms with van der Waals surface area (Å²) in [6.45, 7) is 3.10. The van der Waals surface area contributed by atoms with Crippen LogP contribution in [0.2, 0.25) is 0 Å². The van der Waals surface area contributed by atoms with Gasteiger partial charge in [0.15, 0.2) is 0 Å². The average Bonchev–Trinajstić information content (AvgIpc) is 2.96. The van der Waals surface area contributed by atoms with Crippen molar-refractivity contribution in [1.29, 1.82) is 0 Å². The Bertz CT molecular complexity index is 381. The molecule has 0 fully saturated rings. The molecule has 0 amide bonds. The molecule has 1 unspecified atom stereocenters. The van der Waals surface area contributed by atoms with E-state index in [2.05, 4.69) is 34.7 Å². The van der Waals surface area contributed by atoms with Crippen LogP contribution in [0.5, 0.6) is 0 Å². The molecule has 1 atom stereocenters. The maximum absolute atomic E-state index is 4.29. The van der Waals surface area contributed by atoms with Crippen LogP contribution in [0.1, 0.15) is 35.7 Å². The van der Waals surface area contributed by atoms with Crippen LogP contribution in [-0.4, -0.2) is 4.98 Å². The zero-order valence-electron chi connectivity index (χ0n) is 9.35. The predicted molar refractivity (Wildman–Crippen MR) is 70.9 cm³/mol. The Kier molecular flexibility index (Phi) is 4.51. The Labute approximate surface area is 104 Å². The van der Waals surface area contributed by atoms with Gasteiger partial charge in [0, 0.05) is 29.0 Å². The van der Waals surface area contributed by atoms with Gasteiger partial charge in [-0.1, -0.05) is 19.4 Å². The Morgan fingerprint density at radius 2 is 2.31 bits per heavy atom. The van der Waals surface area contributed by atoms with Crippen LogP contribution in [0, 0.1) is 0 Å². The Balaban J connectivity index is 1.93. The van der Waals surface area contributed by atoms with E-state index in [9.17, 15) is 0 Å². The molecule has 86 valence electrons. The van der Waals surface area contributed by atoms with E-state index in [0.29, 0.717) is 6.04 Å². The lowest BCUT2D eigenvalue weighted by Crippen LogP contribution is -2.19. The first-order valence-corrected chi connectivity index (χ1v) is 7.31. The fourth-order valence-corrected chi connectivity index (χ4v) is 3.08. The van der Waals surface area contributed by atoms with Gasteiger partial charge in [-0.05, 0) is 17.9 Å². The summed E-state index contributed by atoms with van der Waals surface area (Å²) in [7, 11) is 0. The van der Waals surface area contributed by atoms with E-state index < -0.39 is 0 Å². The van der Waals surface area contributed by atoms with Crippen molar-refractivity contribution < 1.29 is 0 Å². The Hall–Kier alpha value is -0.710. The van der Waals surface area contributed by atoms with Crippen LogP contribution < -0.4 is 5.32 Å². The van der Waals surface area contributed by atoms with Gasteiger partial charge in [-0.25, -0.2) is 4.98 Å². The van der Waals surface area contributed by atoms with Gasteiger partial charge in [0.25, 0.3) is 0 Å². The number of thiazole rings is 1. The molecule has 0 saturated heterocycles. The van der Waals surface area contributed by atoms with E-state index in [1.807, 2.05) is 22.9 Å². The van der Waals surface area contributed by atoms with Gasteiger partial charge in [0.1, 0.15) is 5.01 Å². The van der Waals surface area contributed by atoms with E-state index in [1.165, 1.54) is 17.7 Å². The summed E-state index contributed by atoms with van der Waals surface area (Å²) in [6, 6.07) is 4.81. The summed E-state index contributed by atoms with van der Waals surface area (Å²) < 4.78 is 0. The zero-order chi connectivity index (χ0) is 11.2. The van der Waals surface area contributed by atoms with Crippen LogP contribution in [0.15, 0.2) is 29.1 Å². The van der Waals surface area contributed by atoms with E-state index in [4.69, 9.17) is 0 Å². The summed E-state index contributed by atoms with van der Waals surface area (Å²) in [4.78, 5) is 5.72. The van der Waals surface area contributed by atoms with Crippen molar-refractivity contribution >= 4 is 22.7 Å². The highest BCUT2D eigenvalue weighted by atomic mass is 32.1. The third kappa shape index (κ3) is 3.14. The second kappa shape index (κ2) is 6.13. The van der Waals surface area contributed by atoms with Gasteiger partial charge in [-0.2, -0.15) is 0 Å². The third-order valence-corrected chi connectivity index (χ3v) is 4.21. The molecule has 2 rings (SSSR count). The van der Waals surface area contributed by atoms with Crippen molar-refractivity contribution in [1.82, 2.24) is 10.3 Å². The molecule has 0 spiro atoms. The standard InChI is InChI=1S/C12H16N2S2/c1-2-4-10(11-5-3-7-15-11)14-9-12-13-6-8-16-12/h3,5-8,10,14H,2,4,9H2,1H3. The lowest BCUT2D eigenvalue weighted by atomic mass is 10.1. The summed E-state index contributed by atoms with van der Waals surface area (Å²) >= 11 is 3.54. The highest BCUT2D eigenvalue weighted by molar-refractivity contribution is 7.10. The number of rotatable bonds is 6. The van der Waals surface area contributed by atoms with Crippen LogP contribution in [0.25, 0.3) is 0 Å². The van der Waals surface area contributed by atoms with Crippen LogP contribution in [-0.2, 0) is 6.54 Å². The third-order valence-electron chi connectivity index (χ3n) is 2.45. The van der Waals surface area contributed by atoms with Gasteiger partial charge in [0.05, 0.1) is 0 Å². The monoisotopic (exact) mass is 252 g/mol. The number of nitrogens with zero attached hydrogens (tertiary/aromatic N) is 1. The quantitative estimate of drug-likeness (QED) is 0.845. The summed E-state index contributed by atoms with van der Waals surface area (Å²) in [6.07, 6.45) is 4.25. The molecule has 0 radical (unpaired) electrons. The molecule has 2 heterocycles. The highest BCUT2D eigenvalue weighted by Gasteiger charge is 2.11. The molecule has 2 aromatic heterocycles. The van der Waals surface area contributed by atoms with Crippen molar-refractivity contribution in [3.8, 4) is 0 Å². The molecule has 2 aromatic rings. The van der Waals surface area contributed by atoms with Gasteiger partial charge in [-0.15, -0.1) is 22.7 Å². The van der Waals surface area contributed by atoms with Crippen molar-refractivity contribution in [3.05, 3.63) is 39.0 Å². The molecule has 0 aliphatic heterocycles. The first-order valence-electron chi connectivity index (χ1n) is 5.55. The first-order chi connectivity index (χ1) is 7.90. The number of nitrogens with one attached hydrogen (secondary N) is 1. The zero-order valence-corrected chi connectivity index (χ0v) is 11.0. The molecule has 2 nitrogen and oxygen atoms in total. The largest absolute Gasteiger partial charge is 0.303 e. The molecular weight excluding hydrogens is 236 g/mol. The Morgan fingerprint density at radius 1 is 1.38 bits per heavy atom. The smallest absolute Gasteiger partial charge is 0.106 e. The number of thiophene rings is 1. The summed E-state index contributed by atoms with van der Waals surface area (Å²) in [5.41, 5.74) is 0. The maximum Gasteiger partial charge on any atom is 0.106 e. The Morgan fingerprint density at radius 3 is 2.94 bits per heavy atom. The molecule has 4 heteroatoms. The summed E-state index contributed by atoms with van der Waals surface area (Å²) in [5.74, 6) is 0. The highest BCUT2D eigenvalue weighted by Crippen LogP contribution is 2.23. The molecule has 1 N–H and O–H groups in total. The van der Waals surface area contributed by atoms with Gasteiger partial charge < -0.3 is 5.32 Å². The molecule has 16 heavy (non-hydrogen) atoms. The predicted octanol–water partition coefficient (Wildman–Crippen LogP) is 3.84. The van der Waals surface area contributed by atoms with Crippen LogP contribution in [0.3, 0.4) is 0 Å². The van der Waals surface area contributed by atoms with E-state index in [-0.39, 0.29) is 0 Å². The number of hydrogen-bond donors (Lipinski definition) is 1. The molecule has 0 aliphatic carbocycles. The van der Waals surface area contributed by atoms with Crippen molar-refractivity contribution in [2.45, 2.75) is 32.4 Å². The number of hydrogen-bond acceptors (Lipinski definition) is 4. The van der Waals surface area contributed by atoms with Crippen molar-refractivity contribution in [2.75, 3.05) is 0 Å². The van der Waals surface area contributed by atoms with Gasteiger partial charge in [0.2, 0.25) is 0 Å². The van der Waals surface area contributed by atoms with Crippen molar-refractivity contribution in [3.63, 3.8) is 0 Å². The second-order valence-corrected chi connectivity index (χ2v) is 5.62. The molecule has 0 aromatic carbocycles. The minimum atomic E-state index is 0.480. The molecule has 0 aliphatic rings. The molecular formula is C12H16N2S2. The topological polar surface area (TPSA) is 24.9 Å². The van der Waals surface area contributed by atoms with Crippen LogP contribution in [0.4, 0.5) is 0 Å². The van der Waals surface area contributed by atoms with Gasteiger partial charge in [-0.3, -0.25) is 0 Å². The van der Waals surface area contributed by atoms with Crippen molar-refractivity contribution in [2.24, 2.45) is 0 Å². The molecule has 0 saturated carbocycles. The summed E-state index contributed by atoms with van der Waals surface area (Å²) in [5, 5.41) is 8.92. The van der Waals surface area contributed by atoms with E-state index in [1.54, 1.807) is 11.3 Å². The minimum absolute atomic E-state index is 0.480. The maximum atomic E-state index is 4.29. The van der Waals surface area contributed by atoms with E-state index >= 15 is 0 Å². The number of aromatic nitrogens is 1. The normalized spacial score (nSPS) is 12.8. The SMILES string of the molecule is CCCC(NCc1nccs1)c1cccs1. The van der Waals surface area contributed by atoms with E-state index in [0.717, 1.165) is 11.6 Å². The average molecular weight is 252 g/mol. The fraction of sp³-hybridized carbons (Fsp3) is 0.417. The molecule has 0 bridgehead atoms.